The van der Waals surface area contributed by atoms with E-state index in [1.165, 1.54) is 0 Å². The molecule has 0 aliphatic rings. The van der Waals surface area contributed by atoms with Crippen molar-refractivity contribution >= 4 is 5.91 Å². The molecule has 0 atom stereocenters. The van der Waals surface area contributed by atoms with Crippen LogP contribution in [0.5, 0.6) is 0 Å². The van der Waals surface area contributed by atoms with Crippen molar-refractivity contribution in [3.63, 3.8) is 0 Å². The molecular formula is C11H24N2O2. The van der Waals surface area contributed by atoms with Crippen LogP contribution < -0.4 is 10.6 Å². The summed E-state index contributed by atoms with van der Waals surface area (Å²) in [5.74, 6) is 0.0577. The fourth-order valence-electron chi connectivity index (χ4n) is 1.11. The van der Waals surface area contributed by atoms with Gasteiger partial charge in [0.15, 0.2) is 0 Å². The predicted octanol–water partition coefficient (Wildman–Crippen LogP) is 0.775. The zero-order chi connectivity index (χ0) is 11.7. The molecule has 0 rings (SSSR count). The van der Waals surface area contributed by atoms with Gasteiger partial charge in [-0.05, 0) is 18.4 Å². The second-order valence-electron chi connectivity index (χ2n) is 4.46. The van der Waals surface area contributed by atoms with E-state index >= 15 is 0 Å². The molecule has 0 spiro atoms. The minimum atomic E-state index is 0.0577. The number of amides is 1. The standard InChI is InChI=1S/C11H24N2O2/c1-5-12-8-10(14)13-9-11(2,3)6-7-15-4/h12H,5-9H2,1-4H3,(H,13,14). The molecule has 0 aromatic heterocycles. The fraction of sp³-hybridized carbons (Fsp3) is 0.909. The number of methoxy groups -OCH3 is 1. The van der Waals surface area contributed by atoms with Gasteiger partial charge in [-0.3, -0.25) is 4.79 Å². The van der Waals surface area contributed by atoms with Crippen LogP contribution in [0.2, 0.25) is 0 Å². The second kappa shape index (κ2) is 7.65. The number of hydrogen-bond donors (Lipinski definition) is 2. The minimum absolute atomic E-state index is 0.0577. The van der Waals surface area contributed by atoms with Gasteiger partial charge in [0.05, 0.1) is 6.54 Å². The van der Waals surface area contributed by atoms with Crippen LogP contribution in [-0.2, 0) is 9.53 Å². The summed E-state index contributed by atoms with van der Waals surface area (Å²) in [5.41, 5.74) is 0.0951. The van der Waals surface area contributed by atoms with Crippen molar-refractivity contribution in [3.05, 3.63) is 0 Å². The van der Waals surface area contributed by atoms with E-state index in [4.69, 9.17) is 4.74 Å². The van der Waals surface area contributed by atoms with E-state index in [2.05, 4.69) is 24.5 Å². The predicted molar refractivity (Wildman–Crippen MR) is 61.8 cm³/mol. The van der Waals surface area contributed by atoms with Crippen LogP contribution in [0.4, 0.5) is 0 Å². The van der Waals surface area contributed by atoms with E-state index in [9.17, 15) is 4.79 Å². The van der Waals surface area contributed by atoms with Crippen molar-refractivity contribution in [1.29, 1.82) is 0 Å². The lowest BCUT2D eigenvalue weighted by Gasteiger charge is -2.24. The Morgan fingerprint density at radius 3 is 2.60 bits per heavy atom. The summed E-state index contributed by atoms with van der Waals surface area (Å²) in [5, 5.41) is 5.90. The Kier molecular flexibility index (Phi) is 7.34. The number of likely N-dealkylation sites (N-methyl/N-ethyl adjacent to an activating group) is 1. The summed E-state index contributed by atoms with van der Waals surface area (Å²) >= 11 is 0. The molecule has 0 radical (unpaired) electrons. The van der Waals surface area contributed by atoms with Crippen LogP contribution in [0.25, 0.3) is 0 Å². The van der Waals surface area contributed by atoms with Crippen LogP contribution in [0, 0.1) is 5.41 Å². The Bertz CT molecular complexity index is 181. The molecule has 0 bridgehead atoms. The summed E-state index contributed by atoms with van der Waals surface area (Å²) in [4.78, 5) is 11.3. The van der Waals surface area contributed by atoms with Gasteiger partial charge in [-0.1, -0.05) is 20.8 Å². The van der Waals surface area contributed by atoms with Gasteiger partial charge < -0.3 is 15.4 Å². The molecule has 4 heteroatoms. The Hall–Kier alpha value is -0.610. The molecule has 0 fully saturated rings. The molecule has 0 saturated carbocycles. The van der Waals surface area contributed by atoms with E-state index in [-0.39, 0.29) is 11.3 Å². The number of rotatable bonds is 8. The Morgan fingerprint density at radius 1 is 1.40 bits per heavy atom. The quantitative estimate of drug-likeness (QED) is 0.630. The lowest BCUT2D eigenvalue weighted by molar-refractivity contribution is -0.120. The first kappa shape index (κ1) is 14.4. The van der Waals surface area contributed by atoms with Crippen LogP contribution in [-0.4, -0.2) is 39.3 Å². The molecule has 0 aliphatic carbocycles. The van der Waals surface area contributed by atoms with Gasteiger partial charge >= 0.3 is 0 Å². The van der Waals surface area contributed by atoms with Crippen molar-refractivity contribution in [2.45, 2.75) is 27.2 Å². The summed E-state index contributed by atoms with van der Waals surface area (Å²) in [6, 6.07) is 0. The van der Waals surface area contributed by atoms with E-state index < -0.39 is 0 Å². The lowest BCUT2D eigenvalue weighted by atomic mass is 9.90. The number of nitrogens with one attached hydrogen (secondary N) is 2. The SMILES string of the molecule is CCNCC(=O)NCC(C)(C)CCOC. The molecule has 0 saturated heterocycles. The molecule has 90 valence electrons. The second-order valence-corrected chi connectivity index (χ2v) is 4.46. The monoisotopic (exact) mass is 216 g/mol. The first-order valence-electron chi connectivity index (χ1n) is 5.48. The van der Waals surface area contributed by atoms with Gasteiger partial charge in [-0.15, -0.1) is 0 Å². The maximum Gasteiger partial charge on any atom is 0.233 e. The van der Waals surface area contributed by atoms with Gasteiger partial charge in [0, 0.05) is 20.3 Å². The molecule has 15 heavy (non-hydrogen) atoms. The highest BCUT2D eigenvalue weighted by atomic mass is 16.5. The van der Waals surface area contributed by atoms with Crippen LogP contribution in [0.15, 0.2) is 0 Å². The first-order chi connectivity index (χ1) is 7.02. The summed E-state index contributed by atoms with van der Waals surface area (Å²) in [6.07, 6.45) is 0.949. The highest BCUT2D eigenvalue weighted by molar-refractivity contribution is 5.77. The molecule has 0 aromatic carbocycles. The Morgan fingerprint density at radius 2 is 2.07 bits per heavy atom. The van der Waals surface area contributed by atoms with Gasteiger partial charge in [-0.2, -0.15) is 0 Å². The van der Waals surface area contributed by atoms with Gasteiger partial charge in [0.1, 0.15) is 0 Å². The van der Waals surface area contributed by atoms with Crippen LogP contribution in [0.1, 0.15) is 27.2 Å². The molecule has 1 amide bonds. The number of carbonyl (C=O) groups is 1. The maximum absolute atomic E-state index is 11.3. The number of hydrogen-bond acceptors (Lipinski definition) is 3. The molecule has 0 unspecified atom stereocenters. The van der Waals surface area contributed by atoms with Crippen molar-refractivity contribution in [2.75, 3.05) is 33.4 Å². The average molecular weight is 216 g/mol. The highest BCUT2D eigenvalue weighted by Gasteiger charge is 2.18. The first-order valence-corrected chi connectivity index (χ1v) is 5.48. The third-order valence-electron chi connectivity index (χ3n) is 2.28. The molecule has 2 N–H and O–H groups in total. The Labute approximate surface area is 92.8 Å². The minimum Gasteiger partial charge on any atom is -0.385 e. The van der Waals surface area contributed by atoms with E-state index in [1.54, 1.807) is 7.11 Å². The van der Waals surface area contributed by atoms with Crippen molar-refractivity contribution in [1.82, 2.24) is 10.6 Å². The maximum atomic E-state index is 11.3. The van der Waals surface area contributed by atoms with E-state index in [0.29, 0.717) is 13.1 Å². The third kappa shape index (κ3) is 8.39. The van der Waals surface area contributed by atoms with Gasteiger partial charge in [0.2, 0.25) is 5.91 Å². The molecule has 0 aromatic rings. The number of ether oxygens (including phenoxy) is 1. The Balaban J connectivity index is 3.67. The topological polar surface area (TPSA) is 50.4 Å². The highest BCUT2D eigenvalue weighted by Crippen LogP contribution is 2.18. The van der Waals surface area contributed by atoms with Crippen LogP contribution in [0.3, 0.4) is 0 Å². The molecule has 4 nitrogen and oxygen atoms in total. The third-order valence-corrected chi connectivity index (χ3v) is 2.28. The van der Waals surface area contributed by atoms with E-state index in [1.807, 2.05) is 6.92 Å². The number of carbonyl (C=O) groups excluding carboxylic acids is 1. The van der Waals surface area contributed by atoms with E-state index in [0.717, 1.165) is 19.6 Å². The zero-order valence-corrected chi connectivity index (χ0v) is 10.4. The van der Waals surface area contributed by atoms with Crippen LogP contribution >= 0.6 is 0 Å². The molecular weight excluding hydrogens is 192 g/mol. The molecule has 0 aliphatic heterocycles. The lowest BCUT2D eigenvalue weighted by Crippen LogP contribution is -2.39. The van der Waals surface area contributed by atoms with Crippen molar-refractivity contribution < 1.29 is 9.53 Å². The van der Waals surface area contributed by atoms with Gasteiger partial charge in [-0.25, -0.2) is 0 Å². The molecule has 0 heterocycles. The zero-order valence-electron chi connectivity index (χ0n) is 10.4. The van der Waals surface area contributed by atoms with Crippen molar-refractivity contribution in [3.8, 4) is 0 Å². The summed E-state index contributed by atoms with van der Waals surface area (Å²) in [6.45, 7) is 8.88. The fourth-order valence-corrected chi connectivity index (χ4v) is 1.11. The smallest absolute Gasteiger partial charge is 0.233 e. The van der Waals surface area contributed by atoms with Gasteiger partial charge in [0.25, 0.3) is 0 Å². The summed E-state index contributed by atoms with van der Waals surface area (Å²) < 4.78 is 5.02. The largest absolute Gasteiger partial charge is 0.385 e. The van der Waals surface area contributed by atoms with Crippen molar-refractivity contribution in [2.24, 2.45) is 5.41 Å². The summed E-state index contributed by atoms with van der Waals surface area (Å²) in [7, 11) is 1.69. The average Bonchev–Trinajstić information content (AvgIpc) is 2.21. The normalized spacial score (nSPS) is 11.5.